The molecule has 188 valence electrons. The van der Waals surface area contributed by atoms with E-state index in [0.29, 0.717) is 5.92 Å². The zero-order valence-corrected chi connectivity index (χ0v) is 21.6. The second kappa shape index (κ2) is 11.1. The van der Waals surface area contributed by atoms with Crippen molar-refractivity contribution in [3.05, 3.63) is 72.2 Å². The highest BCUT2D eigenvalue weighted by Gasteiger charge is 2.23. The number of para-hydroxylation sites is 1. The molecule has 0 radical (unpaired) electrons. The summed E-state index contributed by atoms with van der Waals surface area (Å²) in [6.07, 6.45) is 5.20. The van der Waals surface area contributed by atoms with Gasteiger partial charge in [0.15, 0.2) is 5.65 Å². The van der Waals surface area contributed by atoms with Crippen LogP contribution >= 0.6 is 0 Å². The summed E-state index contributed by atoms with van der Waals surface area (Å²) in [5.74, 6) is 3.14. The van der Waals surface area contributed by atoms with Gasteiger partial charge in [-0.2, -0.15) is 5.10 Å². The number of aromatic nitrogens is 4. The quantitative estimate of drug-likeness (QED) is 0.332. The van der Waals surface area contributed by atoms with E-state index < -0.39 is 0 Å². The third kappa shape index (κ3) is 5.21. The summed E-state index contributed by atoms with van der Waals surface area (Å²) in [7, 11) is 1.72. The minimum Gasteiger partial charge on any atom is -0.497 e. The normalized spacial score (nSPS) is 15.7. The maximum atomic E-state index is 5.42. The third-order valence-electron chi connectivity index (χ3n) is 7.02. The Balaban J connectivity index is 1.44. The molecule has 36 heavy (non-hydrogen) atoms. The van der Waals surface area contributed by atoms with Gasteiger partial charge in [-0.05, 0) is 42.7 Å². The third-order valence-corrected chi connectivity index (χ3v) is 7.02. The summed E-state index contributed by atoms with van der Waals surface area (Å²) in [4.78, 5) is 15.2. The number of ether oxygens (including phenoxy) is 1. The summed E-state index contributed by atoms with van der Waals surface area (Å²) >= 11 is 0. The molecule has 2 aromatic carbocycles. The van der Waals surface area contributed by atoms with E-state index in [1.807, 2.05) is 35.1 Å². The molecule has 0 aliphatic carbocycles. The Morgan fingerprint density at radius 2 is 1.83 bits per heavy atom. The predicted molar refractivity (Wildman–Crippen MR) is 145 cm³/mol. The second-order valence-electron chi connectivity index (χ2n) is 9.69. The van der Waals surface area contributed by atoms with Crippen LogP contribution in [-0.2, 0) is 6.54 Å². The van der Waals surface area contributed by atoms with Gasteiger partial charge < -0.3 is 9.64 Å². The molecule has 1 fully saturated rings. The van der Waals surface area contributed by atoms with Crippen molar-refractivity contribution in [2.24, 2.45) is 0 Å². The zero-order valence-electron chi connectivity index (χ0n) is 21.6. The highest BCUT2D eigenvalue weighted by atomic mass is 16.5. The van der Waals surface area contributed by atoms with Crippen LogP contribution in [0, 0.1) is 0 Å². The molecule has 0 saturated carbocycles. The SMILES string of the molecule is CCCC(C)c1nc(N2CCCN(Cc3cccc(OC)c3)CC2)c2cnn(-c3ccccc3)c2n1. The molecule has 7 heteroatoms. The molecule has 1 saturated heterocycles. The minimum absolute atomic E-state index is 0.300. The number of methoxy groups -OCH3 is 1. The first-order chi connectivity index (χ1) is 17.7. The monoisotopic (exact) mass is 484 g/mol. The molecule has 0 N–H and O–H groups in total. The van der Waals surface area contributed by atoms with Crippen molar-refractivity contribution >= 4 is 16.9 Å². The van der Waals surface area contributed by atoms with Gasteiger partial charge in [0.1, 0.15) is 17.4 Å². The molecule has 1 aliphatic rings. The molecule has 0 amide bonds. The van der Waals surface area contributed by atoms with E-state index in [-0.39, 0.29) is 0 Å². The number of anilines is 1. The van der Waals surface area contributed by atoms with Crippen molar-refractivity contribution in [1.82, 2.24) is 24.6 Å². The van der Waals surface area contributed by atoms with Crippen molar-refractivity contribution in [2.75, 3.05) is 38.2 Å². The van der Waals surface area contributed by atoms with Crippen LogP contribution in [0.2, 0.25) is 0 Å². The van der Waals surface area contributed by atoms with Crippen LogP contribution in [0.3, 0.4) is 0 Å². The predicted octanol–water partition coefficient (Wildman–Crippen LogP) is 5.44. The summed E-state index contributed by atoms with van der Waals surface area (Å²) in [6.45, 7) is 9.31. The largest absolute Gasteiger partial charge is 0.497 e. The zero-order chi connectivity index (χ0) is 24.9. The molecule has 1 atom stereocenters. The number of benzene rings is 2. The van der Waals surface area contributed by atoms with Crippen LogP contribution in [0.1, 0.15) is 50.4 Å². The van der Waals surface area contributed by atoms with E-state index in [1.54, 1.807) is 7.11 Å². The fourth-order valence-corrected chi connectivity index (χ4v) is 5.06. The fraction of sp³-hybridized carbons (Fsp3) is 0.414. The molecule has 0 bridgehead atoms. The van der Waals surface area contributed by atoms with Crippen LogP contribution in [0.5, 0.6) is 5.75 Å². The summed E-state index contributed by atoms with van der Waals surface area (Å²) in [5, 5.41) is 5.76. The fourth-order valence-electron chi connectivity index (χ4n) is 5.06. The van der Waals surface area contributed by atoms with Gasteiger partial charge in [0, 0.05) is 38.6 Å². The van der Waals surface area contributed by atoms with Gasteiger partial charge in [0.25, 0.3) is 0 Å². The smallest absolute Gasteiger partial charge is 0.168 e. The first kappa shape index (κ1) is 24.3. The van der Waals surface area contributed by atoms with Crippen LogP contribution in [-0.4, -0.2) is 57.9 Å². The lowest BCUT2D eigenvalue weighted by Gasteiger charge is -2.24. The lowest BCUT2D eigenvalue weighted by Crippen LogP contribution is -2.31. The topological polar surface area (TPSA) is 59.3 Å². The highest BCUT2D eigenvalue weighted by Crippen LogP contribution is 2.30. The van der Waals surface area contributed by atoms with E-state index >= 15 is 0 Å². The van der Waals surface area contributed by atoms with Gasteiger partial charge in [-0.15, -0.1) is 0 Å². The number of nitrogens with zero attached hydrogens (tertiary/aromatic N) is 6. The Morgan fingerprint density at radius 1 is 0.972 bits per heavy atom. The summed E-state index contributed by atoms with van der Waals surface area (Å²) < 4.78 is 7.37. The highest BCUT2D eigenvalue weighted by molar-refractivity contribution is 5.88. The van der Waals surface area contributed by atoms with Crippen molar-refractivity contribution in [1.29, 1.82) is 0 Å². The lowest BCUT2D eigenvalue weighted by molar-refractivity contribution is 0.285. The average molecular weight is 485 g/mol. The van der Waals surface area contributed by atoms with Crippen LogP contribution in [0.15, 0.2) is 60.8 Å². The Labute approximate surface area is 213 Å². The van der Waals surface area contributed by atoms with Gasteiger partial charge in [0.2, 0.25) is 0 Å². The first-order valence-corrected chi connectivity index (χ1v) is 13.1. The Hall–Kier alpha value is -3.45. The number of fused-ring (bicyclic) bond motifs is 1. The number of rotatable bonds is 8. The van der Waals surface area contributed by atoms with Crippen LogP contribution in [0.25, 0.3) is 16.7 Å². The molecule has 0 spiro atoms. The van der Waals surface area contributed by atoms with Gasteiger partial charge >= 0.3 is 0 Å². The van der Waals surface area contributed by atoms with E-state index in [9.17, 15) is 0 Å². The van der Waals surface area contributed by atoms with Gasteiger partial charge in [-0.3, -0.25) is 4.90 Å². The van der Waals surface area contributed by atoms with E-state index in [0.717, 1.165) is 86.1 Å². The maximum absolute atomic E-state index is 5.42. The standard InChI is InChI=1S/C29H36N6O/c1-4-10-22(2)27-31-28(26-20-30-35(29(26)32-27)24-12-6-5-7-13-24)34-16-9-15-33(17-18-34)21-23-11-8-14-25(19-23)36-3/h5-8,11-14,19-20,22H,4,9-10,15-18,21H2,1-3H3. The van der Waals surface area contributed by atoms with E-state index in [4.69, 9.17) is 19.8 Å². The van der Waals surface area contributed by atoms with Gasteiger partial charge in [-0.25, -0.2) is 14.6 Å². The molecular weight excluding hydrogens is 448 g/mol. The first-order valence-electron chi connectivity index (χ1n) is 13.1. The molecule has 1 aliphatic heterocycles. The minimum atomic E-state index is 0.300. The number of hydrogen-bond donors (Lipinski definition) is 0. The Kier molecular flexibility index (Phi) is 7.47. The number of hydrogen-bond acceptors (Lipinski definition) is 6. The average Bonchev–Trinajstić information content (AvgIpc) is 3.21. The maximum Gasteiger partial charge on any atom is 0.168 e. The Morgan fingerprint density at radius 3 is 2.64 bits per heavy atom. The van der Waals surface area contributed by atoms with Crippen molar-refractivity contribution < 1.29 is 4.74 Å². The van der Waals surface area contributed by atoms with Gasteiger partial charge in [0.05, 0.1) is 24.4 Å². The molecular formula is C29H36N6O. The van der Waals surface area contributed by atoms with E-state index in [1.165, 1.54) is 5.56 Å². The van der Waals surface area contributed by atoms with Crippen molar-refractivity contribution in [2.45, 2.75) is 45.6 Å². The molecule has 3 heterocycles. The second-order valence-corrected chi connectivity index (χ2v) is 9.69. The van der Waals surface area contributed by atoms with Crippen molar-refractivity contribution in [3.8, 4) is 11.4 Å². The van der Waals surface area contributed by atoms with E-state index in [2.05, 4.69) is 54.0 Å². The molecule has 2 aromatic heterocycles. The molecule has 1 unspecified atom stereocenters. The van der Waals surface area contributed by atoms with Crippen molar-refractivity contribution in [3.63, 3.8) is 0 Å². The summed E-state index contributed by atoms with van der Waals surface area (Å²) in [6, 6.07) is 18.6. The molecule has 5 rings (SSSR count). The lowest BCUT2D eigenvalue weighted by atomic mass is 10.1. The Bertz CT molecular complexity index is 1290. The molecule has 7 nitrogen and oxygen atoms in total. The van der Waals surface area contributed by atoms with Crippen LogP contribution < -0.4 is 9.64 Å². The van der Waals surface area contributed by atoms with Gasteiger partial charge in [-0.1, -0.05) is 50.6 Å². The van der Waals surface area contributed by atoms with Crippen LogP contribution in [0.4, 0.5) is 5.82 Å². The summed E-state index contributed by atoms with van der Waals surface area (Å²) in [5.41, 5.74) is 3.19. The molecule has 4 aromatic rings.